The fraction of sp³-hybridized carbons (Fsp3) is 0.136. The van der Waals surface area contributed by atoms with Gasteiger partial charge in [0.05, 0.1) is 10.8 Å². The Morgan fingerprint density at radius 2 is 1.08 bits per heavy atom. The highest BCUT2D eigenvalue weighted by Gasteiger charge is 2.06. The summed E-state index contributed by atoms with van der Waals surface area (Å²) in [5.74, 6) is 0. The number of nitrogens with zero attached hydrogens (tertiary/aromatic N) is 1. The Morgan fingerprint density at radius 1 is 0.667 bits per heavy atom. The Kier molecular flexibility index (Phi) is 4.71. The van der Waals surface area contributed by atoms with Gasteiger partial charge in [0.15, 0.2) is 0 Å². The first kappa shape index (κ1) is 16.3. The summed E-state index contributed by atoms with van der Waals surface area (Å²) < 4.78 is 0. The van der Waals surface area contributed by atoms with Crippen molar-refractivity contribution in [3.63, 3.8) is 0 Å². The van der Waals surface area contributed by atoms with Gasteiger partial charge < -0.3 is 0 Å². The van der Waals surface area contributed by atoms with E-state index in [1.807, 2.05) is 0 Å². The molecular weight excluding hydrogens is 310 g/mol. The molecule has 0 aliphatic heterocycles. The lowest BCUT2D eigenvalue weighted by Gasteiger charge is -2.10. The molecule has 0 saturated carbocycles. The van der Waals surface area contributed by atoms with E-state index < -0.39 is 0 Å². The van der Waals surface area contributed by atoms with E-state index in [1.165, 1.54) is 27.8 Å². The lowest BCUT2D eigenvalue weighted by atomic mass is 9.96. The lowest BCUT2D eigenvalue weighted by Crippen LogP contribution is -1.86. The molecule has 0 saturated heterocycles. The Bertz CT molecular complexity index is 892. The van der Waals surface area contributed by atoms with E-state index in [9.17, 15) is 0 Å². The summed E-state index contributed by atoms with van der Waals surface area (Å²) >= 11 is 4.73. The number of aliphatic imine (C=N–C) groups is 1. The number of isothiocyanates is 1. The molecule has 0 radical (unpaired) electrons. The zero-order valence-corrected chi connectivity index (χ0v) is 14.9. The molecule has 0 aliphatic rings. The highest BCUT2D eigenvalue weighted by Crippen LogP contribution is 2.31. The zero-order valence-electron chi connectivity index (χ0n) is 14.1. The van der Waals surface area contributed by atoms with Crippen molar-refractivity contribution in [2.75, 3.05) is 0 Å². The molecule has 0 unspecified atom stereocenters. The molecule has 118 valence electrons. The number of hydrogen-bond donors (Lipinski definition) is 0. The van der Waals surface area contributed by atoms with Gasteiger partial charge in [-0.2, -0.15) is 4.99 Å². The monoisotopic (exact) mass is 329 g/mol. The first-order chi connectivity index (χ1) is 11.6. The predicted octanol–water partition coefficient (Wildman–Crippen LogP) is 6.68. The first-order valence-corrected chi connectivity index (χ1v) is 8.36. The van der Waals surface area contributed by atoms with Crippen LogP contribution in [0.3, 0.4) is 0 Å². The molecule has 0 aliphatic carbocycles. The van der Waals surface area contributed by atoms with Crippen molar-refractivity contribution in [3.05, 3.63) is 77.4 Å². The van der Waals surface area contributed by atoms with Crippen molar-refractivity contribution in [1.82, 2.24) is 0 Å². The molecule has 0 amide bonds. The van der Waals surface area contributed by atoms with Crippen LogP contribution in [0.25, 0.3) is 22.3 Å². The second kappa shape index (κ2) is 6.92. The number of rotatable bonds is 3. The van der Waals surface area contributed by atoms with Gasteiger partial charge in [-0.15, -0.1) is 0 Å². The molecule has 3 aromatic carbocycles. The smallest absolute Gasteiger partial charge is 0.0798 e. The maximum atomic E-state index is 4.73. The van der Waals surface area contributed by atoms with Gasteiger partial charge in [0.1, 0.15) is 0 Å². The van der Waals surface area contributed by atoms with Gasteiger partial charge in [0.25, 0.3) is 0 Å². The average molecular weight is 329 g/mol. The van der Waals surface area contributed by atoms with Crippen LogP contribution in [-0.4, -0.2) is 5.16 Å². The predicted molar refractivity (Wildman–Crippen MR) is 106 cm³/mol. The highest BCUT2D eigenvalue weighted by atomic mass is 32.1. The molecule has 3 rings (SSSR count). The van der Waals surface area contributed by atoms with Crippen LogP contribution in [0.5, 0.6) is 0 Å². The van der Waals surface area contributed by atoms with Crippen LogP contribution < -0.4 is 0 Å². The quantitative estimate of drug-likeness (QED) is 0.385. The topological polar surface area (TPSA) is 12.4 Å². The Hall–Kier alpha value is -2.54. The fourth-order valence-electron chi connectivity index (χ4n) is 2.95. The van der Waals surface area contributed by atoms with Gasteiger partial charge in [-0.1, -0.05) is 54.1 Å². The SMILES string of the molecule is Cc1ccc(-c2ccc(-c3cc(C)c(N=C=S)c(C)c3)cc2)cc1. The third kappa shape index (κ3) is 3.35. The summed E-state index contributed by atoms with van der Waals surface area (Å²) in [4.78, 5) is 4.17. The molecular formula is C22H19NS. The molecule has 2 heteroatoms. The zero-order chi connectivity index (χ0) is 17.1. The van der Waals surface area contributed by atoms with Gasteiger partial charge in [0.2, 0.25) is 0 Å². The molecule has 0 N–H and O–H groups in total. The minimum atomic E-state index is 0.921. The molecule has 1 nitrogen and oxygen atoms in total. The Labute approximate surface area is 148 Å². The van der Waals surface area contributed by atoms with Crippen LogP contribution in [0, 0.1) is 20.8 Å². The highest BCUT2D eigenvalue weighted by molar-refractivity contribution is 7.78. The standard InChI is InChI=1S/C22H19NS/c1-15-4-6-18(7-5-15)19-8-10-20(11-9-19)21-12-16(2)22(23-14-24)17(3)13-21/h4-13H,1-3H3. The molecule has 0 atom stereocenters. The van der Waals surface area contributed by atoms with E-state index in [1.54, 1.807) is 0 Å². The summed E-state index contributed by atoms with van der Waals surface area (Å²) in [7, 11) is 0. The van der Waals surface area contributed by atoms with Gasteiger partial charge in [-0.05, 0) is 78.5 Å². The summed E-state index contributed by atoms with van der Waals surface area (Å²) in [5, 5.41) is 2.46. The molecule has 24 heavy (non-hydrogen) atoms. The van der Waals surface area contributed by atoms with Crippen molar-refractivity contribution in [1.29, 1.82) is 0 Å². The van der Waals surface area contributed by atoms with E-state index in [-0.39, 0.29) is 0 Å². The molecule has 0 heterocycles. The van der Waals surface area contributed by atoms with Crippen molar-refractivity contribution in [2.24, 2.45) is 4.99 Å². The van der Waals surface area contributed by atoms with E-state index in [0.717, 1.165) is 16.8 Å². The summed E-state index contributed by atoms with van der Waals surface area (Å²) in [6.07, 6.45) is 0. The van der Waals surface area contributed by atoms with Gasteiger partial charge in [-0.3, -0.25) is 0 Å². The number of thiocarbonyl (C=S) groups is 1. The fourth-order valence-corrected chi connectivity index (χ4v) is 3.04. The largest absolute Gasteiger partial charge is 0.194 e. The number of hydrogen-bond acceptors (Lipinski definition) is 2. The van der Waals surface area contributed by atoms with Gasteiger partial charge in [0, 0.05) is 0 Å². The first-order valence-electron chi connectivity index (χ1n) is 7.95. The average Bonchev–Trinajstić information content (AvgIpc) is 2.59. The lowest BCUT2D eigenvalue weighted by molar-refractivity contribution is 1.34. The molecule has 0 fully saturated rings. The number of aryl methyl sites for hydroxylation is 3. The summed E-state index contributed by atoms with van der Waals surface area (Å²) in [6.45, 7) is 6.22. The molecule has 0 spiro atoms. The minimum absolute atomic E-state index is 0.921. The van der Waals surface area contributed by atoms with Gasteiger partial charge in [-0.25, -0.2) is 0 Å². The van der Waals surface area contributed by atoms with E-state index >= 15 is 0 Å². The summed E-state index contributed by atoms with van der Waals surface area (Å²) in [6, 6.07) is 21.6. The third-order valence-corrected chi connectivity index (χ3v) is 4.34. The van der Waals surface area contributed by atoms with Crippen molar-refractivity contribution < 1.29 is 0 Å². The molecule has 3 aromatic rings. The van der Waals surface area contributed by atoms with E-state index in [0.29, 0.717) is 0 Å². The van der Waals surface area contributed by atoms with E-state index in [4.69, 9.17) is 12.2 Å². The van der Waals surface area contributed by atoms with Crippen LogP contribution in [0.4, 0.5) is 5.69 Å². The molecule has 0 bridgehead atoms. The van der Waals surface area contributed by atoms with Crippen LogP contribution >= 0.6 is 12.2 Å². The van der Waals surface area contributed by atoms with Crippen LogP contribution in [0.15, 0.2) is 65.7 Å². The molecule has 0 aromatic heterocycles. The van der Waals surface area contributed by atoms with Crippen molar-refractivity contribution >= 4 is 23.1 Å². The minimum Gasteiger partial charge on any atom is -0.194 e. The second-order valence-electron chi connectivity index (χ2n) is 6.11. The van der Waals surface area contributed by atoms with Gasteiger partial charge >= 0.3 is 0 Å². The van der Waals surface area contributed by atoms with Crippen molar-refractivity contribution in [3.8, 4) is 22.3 Å². The van der Waals surface area contributed by atoms with Crippen molar-refractivity contribution in [2.45, 2.75) is 20.8 Å². The third-order valence-electron chi connectivity index (χ3n) is 4.25. The Balaban J connectivity index is 1.96. The van der Waals surface area contributed by atoms with Crippen LogP contribution in [0.2, 0.25) is 0 Å². The van der Waals surface area contributed by atoms with Crippen LogP contribution in [-0.2, 0) is 0 Å². The van der Waals surface area contributed by atoms with Crippen LogP contribution in [0.1, 0.15) is 16.7 Å². The number of benzene rings is 3. The second-order valence-corrected chi connectivity index (χ2v) is 6.29. The van der Waals surface area contributed by atoms with E-state index in [2.05, 4.69) is 91.6 Å². The maximum Gasteiger partial charge on any atom is 0.0798 e. The summed E-state index contributed by atoms with van der Waals surface area (Å²) in [5.41, 5.74) is 9.30. The Morgan fingerprint density at radius 3 is 1.54 bits per heavy atom. The normalized spacial score (nSPS) is 10.3. The maximum absolute atomic E-state index is 4.73.